The van der Waals surface area contributed by atoms with Crippen LogP contribution in [0.3, 0.4) is 0 Å². The molecule has 33 heavy (non-hydrogen) atoms. The molecule has 2 aromatic rings. The summed E-state index contributed by atoms with van der Waals surface area (Å²) in [7, 11) is 1.57. The Morgan fingerprint density at radius 2 is 1.79 bits per heavy atom. The molecule has 3 fully saturated rings. The first-order valence-corrected chi connectivity index (χ1v) is 11.3. The number of ether oxygens (including phenoxy) is 2. The summed E-state index contributed by atoms with van der Waals surface area (Å²) in [6, 6.07) is 9.61. The highest BCUT2D eigenvalue weighted by Gasteiger charge is 2.54. The van der Waals surface area contributed by atoms with E-state index in [1.807, 2.05) is 0 Å². The highest BCUT2D eigenvalue weighted by molar-refractivity contribution is 5.98. The van der Waals surface area contributed by atoms with Crippen LogP contribution in [0.4, 0.5) is 0 Å². The van der Waals surface area contributed by atoms with E-state index in [0.29, 0.717) is 37.2 Å². The lowest BCUT2D eigenvalue weighted by Gasteiger charge is -2.44. The van der Waals surface area contributed by atoms with Gasteiger partial charge in [0.25, 0.3) is 11.8 Å². The molecule has 1 aliphatic carbocycles. The number of hydrogen-bond donors (Lipinski definition) is 1. The van der Waals surface area contributed by atoms with Crippen molar-refractivity contribution in [1.29, 1.82) is 0 Å². The first-order chi connectivity index (χ1) is 16.0. The Morgan fingerprint density at radius 3 is 2.39 bits per heavy atom. The van der Waals surface area contributed by atoms with E-state index in [2.05, 4.69) is 5.32 Å². The van der Waals surface area contributed by atoms with Crippen LogP contribution in [0.15, 0.2) is 47.1 Å². The number of furan rings is 1. The monoisotopic (exact) mass is 453 g/mol. The van der Waals surface area contributed by atoms with E-state index in [0.717, 1.165) is 12.8 Å². The zero-order valence-corrected chi connectivity index (χ0v) is 18.5. The smallest absolute Gasteiger partial charge is 0.289 e. The number of likely N-dealkylation sites (tertiary alicyclic amines) is 1. The largest absolute Gasteiger partial charge is 0.497 e. The maximum absolute atomic E-state index is 13.7. The molecule has 0 bridgehead atoms. The highest BCUT2D eigenvalue weighted by Crippen LogP contribution is 2.39. The Balaban J connectivity index is 1.38. The van der Waals surface area contributed by atoms with Crippen molar-refractivity contribution in [2.45, 2.75) is 43.5 Å². The lowest BCUT2D eigenvalue weighted by atomic mass is 9.96. The number of carbonyl (C=O) groups is 3. The average molecular weight is 453 g/mol. The molecule has 1 aromatic carbocycles. The quantitative estimate of drug-likeness (QED) is 0.744. The fourth-order valence-corrected chi connectivity index (χ4v) is 4.58. The first-order valence-electron chi connectivity index (χ1n) is 11.3. The topological polar surface area (TPSA) is 101 Å². The predicted octanol–water partition coefficient (Wildman–Crippen LogP) is 2.04. The van der Waals surface area contributed by atoms with Gasteiger partial charge < -0.3 is 24.1 Å². The molecule has 3 heterocycles. The van der Waals surface area contributed by atoms with E-state index in [4.69, 9.17) is 13.9 Å². The van der Waals surface area contributed by atoms with Crippen molar-refractivity contribution in [3.8, 4) is 5.75 Å². The Labute approximate surface area is 191 Å². The molecule has 5 rings (SSSR count). The molecule has 1 spiro atoms. The number of nitrogens with zero attached hydrogens (tertiary/aromatic N) is 2. The molecule has 9 nitrogen and oxygen atoms in total. The standard InChI is InChI=1S/C24H27N3O6/c1-31-18-8-4-16(5-9-18)22(29)27-19(21(28)25-17-6-7-17)15-33-24(27)10-12-26(13-11-24)23(30)20-3-2-14-32-20/h2-5,8-9,14,17,19H,6-7,10-13,15H2,1H3,(H,25,28)/t19-/m0/s1. The third kappa shape index (κ3) is 4.08. The summed E-state index contributed by atoms with van der Waals surface area (Å²) in [5.74, 6) is 0.281. The van der Waals surface area contributed by atoms with Crippen molar-refractivity contribution in [1.82, 2.24) is 15.1 Å². The van der Waals surface area contributed by atoms with Crippen molar-refractivity contribution in [2.75, 3.05) is 26.8 Å². The molecule has 2 aliphatic heterocycles. The van der Waals surface area contributed by atoms with E-state index in [-0.39, 0.29) is 36.1 Å². The molecular weight excluding hydrogens is 426 g/mol. The maximum Gasteiger partial charge on any atom is 0.289 e. The second-order valence-electron chi connectivity index (χ2n) is 8.73. The maximum atomic E-state index is 13.7. The molecule has 3 aliphatic rings. The van der Waals surface area contributed by atoms with Crippen LogP contribution >= 0.6 is 0 Å². The lowest BCUT2D eigenvalue weighted by molar-refractivity contribution is -0.128. The molecule has 1 aromatic heterocycles. The van der Waals surface area contributed by atoms with Crippen molar-refractivity contribution >= 4 is 17.7 Å². The summed E-state index contributed by atoms with van der Waals surface area (Å²) in [5.41, 5.74) is -0.485. The number of nitrogens with one attached hydrogen (secondary N) is 1. The molecule has 1 N–H and O–H groups in total. The summed E-state index contributed by atoms with van der Waals surface area (Å²) >= 11 is 0. The lowest BCUT2D eigenvalue weighted by Crippen LogP contribution is -2.60. The molecule has 9 heteroatoms. The van der Waals surface area contributed by atoms with Crippen LogP contribution in [0.5, 0.6) is 5.75 Å². The molecule has 2 saturated heterocycles. The number of carbonyl (C=O) groups excluding carboxylic acids is 3. The van der Waals surface area contributed by atoms with Crippen LogP contribution in [0, 0.1) is 0 Å². The van der Waals surface area contributed by atoms with Crippen molar-refractivity contribution in [3.05, 3.63) is 54.0 Å². The normalized spacial score (nSPS) is 21.8. The molecule has 174 valence electrons. The molecule has 1 saturated carbocycles. The number of benzene rings is 1. The van der Waals surface area contributed by atoms with E-state index in [1.165, 1.54) is 6.26 Å². The van der Waals surface area contributed by atoms with Gasteiger partial charge in [-0.1, -0.05) is 0 Å². The SMILES string of the molecule is COc1ccc(C(=O)N2[C@H](C(=O)NC3CC3)COC23CCN(C(=O)c2ccco2)CC3)cc1. The van der Waals surface area contributed by atoms with Crippen LogP contribution < -0.4 is 10.1 Å². The summed E-state index contributed by atoms with van der Waals surface area (Å²) in [5, 5.41) is 3.01. The third-order valence-corrected chi connectivity index (χ3v) is 6.61. The van der Waals surface area contributed by atoms with Gasteiger partial charge in [-0.05, 0) is 49.2 Å². The van der Waals surface area contributed by atoms with Crippen LogP contribution in [0.1, 0.15) is 46.6 Å². The molecule has 0 unspecified atom stereocenters. The van der Waals surface area contributed by atoms with E-state index < -0.39 is 11.8 Å². The minimum Gasteiger partial charge on any atom is -0.497 e. The van der Waals surface area contributed by atoms with Gasteiger partial charge in [0.15, 0.2) is 5.76 Å². The van der Waals surface area contributed by atoms with Gasteiger partial charge in [-0.15, -0.1) is 0 Å². The number of hydrogen-bond acceptors (Lipinski definition) is 6. The minimum atomic E-state index is -0.942. The fourth-order valence-electron chi connectivity index (χ4n) is 4.58. The molecular formula is C24H27N3O6. The van der Waals surface area contributed by atoms with E-state index >= 15 is 0 Å². The van der Waals surface area contributed by atoms with Crippen molar-refractivity contribution in [2.24, 2.45) is 0 Å². The summed E-state index contributed by atoms with van der Waals surface area (Å²) in [6.07, 6.45) is 4.21. The van der Waals surface area contributed by atoms with Gasteiger partial charge in [0.2, 0.25) is 5.91 Å². The highest BCUT2D eigenvalue weighted by atomic mass is 16.5. The van der Waals surface area contributed by atoms with Gasteiger partial charge in [0.05, 0.1) is 20.0 Å². The zero-order chi connectivity index (χ0) is 23.0. The second-order valence-corrected chi connectivity index (χ2v) is 8.73. The Kier molecular flexibility index (Phi) is 5.57. The summed E-state index contributed by atoms with van der Waals surface area (Å²) in [6.45, 7) is 0.915. The van der Waals surface area contributed by atoms with Crippen molar-refractivity contribution in [3.63, 3.8) is 0 Å². The van der Waals surface area contributed by atoms with Gasteiger partial charge in [-0.2, -0.15) is 0 Å². The molecule has 0 radical (unpaired) electrons. The number of rotatable bonds is 5. The zero-order valence-electron chi connectivity index (χ0n) is 18.5. The van der Waals surface area contributed by atoms with Crippen LogP contribution in [0.25, 0.3) is 0 Å². The van der Waals surface area contributed by atoms with Crippen LogP contribution in [-0.4, -0.2) is 72.1 Å². The first kappa shape index (κ1) is 21.5. The fraction of sp³-hybridized carbons (Fsp3) is 0.458. The molecule has 1 atom stereocenters. The van der Waals surface area contributed by atoms with Gasteiger partial charge in [-0.3, -0.25) is 19.3 Å². The average Bonchev–Trinajstić information content (AvgIpc) is 3.34. The van der Waals surface area contributed by atoms with E-state index in [9.17, 15) is 14.4 Å². The summed E-state index contributed by atoms with van der Waals surface area (Å²) in [4.78, 5) is 42.7. The molecule has 3 amide bonds. The summed E-state index contributed by atoms with van der Waals surface area (Å²) < 4.78 is 16.6. The van der Waals surface area contributed by atoms with Gasteiger partial charge in [0, 0.05) is 37.5 Å². The van der Waals surface area contributed by atoms with Gasteiger partial charge >= 0.3 is 0 Å². The predicted molar refractivity (Wildman–Crippen MR) is 117 cm³/mol. The van der Waals surface area contributed by atoms with Crippen molar-refractivity contribution < 1.29 is 28.3 Å². The van der Waals surface area contributed by atoms with Crippen LogP contribution in [-0.2, 0) is 9.53 Å². The van der Waals surface area contributed by atoms with E-state index in [1.54, 1.807) is 53.3 Å². The van der Waals surface area contributed by atoms with Crippen LogP contribution in [0.2, 0.25) is 0 Å². The third-order valence-electron chi connectivity index (χ3n) is 6.61. The number of methoxy groups -OCH3 is 1. The van der Waals surface area contributed by atoms with Gasteiger partial charge in [0.1, 0.15) is 17.5 Å². The Morgan fingerprint density at radius 1 is 1.06 bits per heavy atom. The Bertz CT molecular complexity index is 1020. The minimum absolute atomic E-state index is 0.132. The van der Waals surface area contributed by atoms with Gasteiger partial charge in [-0.25, -0.2) is 0 Å². The Hall–Kier alpha value is -3.33. The number of piperidine rings is 1. The second kappa shape index (κ2) is 8.55. The number of amides is 3.